The van der Waals surface area contributed by atoms with Crippen LogP contribution in [0.5, 0.6) is 5.75 Å². The monoisotopic (exact) mass is 372 g/mol. The van der Waals surface area contributed by atoms with Gasteiger partial charge >= 0.3 is 0 Å². The van der Waals surface area contributed by atoms with Crippen molar-refractivity contribution in [1.82, 2.24) is 20.1 Å². The summed E-state index contributed by atoms with van der Waals surface area (Å²) < 4.78 is 20.6. The number of ether oxygens (including phenoxy) is 1. The molecule has 2 aromatic carbocycles. The number of nitrogens with zero attached hydrogens (tertiary/aromatic N) is 3. The zero-order valence-corrected chi connectivity index (χ0v) is 14.9. The molecule has 134 valence electrons. The molecule has 3 aromatic rings. The molecule has 0 aliphatic heterocycles. The van der Waals surface area contributed by atoms with Gasteiger partial charge in [0.2, 0.25) is 5.91 Å². The average molecular weight is 372 g/mol. The summed E-state index contributed by atoms with van der Waals surface area (Å²) in [7, 11) is 1.60. The molecule has 0 fully saturated rings. The molecule has 8 heteroatoms. The minimum Gasteiger partial charge on any atom is -0.497 e. The van der Waals surface area contributed by atoms with E-state index in [4.69, 9.17) is 4.74 Å². The zero-order valence-electron chi connectivity index (χ0n) is 14.1. The first kappa shape index (κ1) is 17.9. The van der Waals surface area contributed by atoms with Gasteiger partial charge in [-0.05, 0) is 29.8 Å². The van der Waals surface area contributed by atoms with Crippen molar-refractivity contribution in [2.24, 2.45) is 0 Å². The Hall–Kier alpha value is -2.87. The van der Waals surface area contributed by atoms with E-state index in [-0.39, 0.29) is 17.5 Å². The molecule has 0 saturated heterocycles. The summed E-state index contributed by atoms with van der Waals surface area (Å²) in [6.45, 7) is 0.399. The predicted octanol–water partition coefficient (Wildman–Crippen LogP) is 2.82. The molecule has 6 nitrogen and oxygen atoms in total. The quantitative estimate of drug-likeness (QED) is 0.646. The Balaban J connectivity index is 1.57. The number of aromatic nitrogens is 3. The highest BCUT2D eigenvalue weighted by Crippen LogP contribution is 2.21. The second-order valence-electron chi connectivity index (χ2n) is 5.35. The molecule has 1 N–H and O–H groups in total. The molecule has 0 bridgehead atoms. The Bertz CT molecular complexity index is 900. The largest absolute Gasteiger partial charge is 0.497 e. The fourth-order valence-corrected chi connectivity index (χ4v) is 3.05. The van der Waals surface area contributed by atoms with Gasteiger partial charge in [-0.25, -0.2) is 4.39 Å². The summed E-state index contributed by atoms with van der Waals surface area (Å²) in [6.07, 6.45) is 1.43. The Kier molecular flexibility index (Phi) is 5.85. The summed E-state index contributed by atoms with van der Waals surface area (Å²) >= 11 is 1.19. The van der Waals surface area contributed by atoms with Crippen LogP contribution >= 0.6 is 11.8 Å². The Morgan fingerprint density at radius 1 is 1.27 bits per heavy atom. The van der Waals surface area contributed by atoms with E-state index in [0.29, 0.717) is 17.4 Å². The first-order valence-corrected chi connectivity index (χ1v) is 8.83. The van der Waals surface area contributed by atoms with Gasteiger partial charge in [-0.1, -0.05) is 36.0 Å². The highest BCUT2D eigenvalue weighted by molar-refractivity contribution is 7.99. The van der Waals surface area contributed by atoms with E-state index in [1.165, 1.54) is 28.7 Å². The number of methoxy groups -OCH3 is 1. The Morgan fingerprint density at radius 3 is 2.92 bits per heavy atom. The van der Waals surface area contributed by atoms with E-state index in [2.05, 4.69) is 15.5 Å². The number of benzene rings is 2. The molecule has 3 rings (SSSR count). The van der Waals surface area contributed by atoms with E-state index in [1.54, 1.807) is 25.3 Å². The van der Waals surface area contributed by atoms with Crippen molar-refractivity contribution < 1.29 is 13.9 Å². The third-order valence-corrected chi connectivity index (χ3v) is 4.53. The lowest BCUT2D eigenvalue weighted by atomic mass is 10.2. The third-order valence-electron chi connectivity index (χ3n) is 3.58. The van der Waals surface area contributed by atoms with Crippen molar-refractivity contribution in [1.29, 1.82) is 0 Å². The number of hydrogen-bond donors (Lipinski definition) is 1. The van der Waals surface area contributed by atoms with Gasteiger partial charge in [0, 0.05) is 6.54 Å². The molecule has 1 heterocycles. The van der Waals surface area contributed by atoms with Crippen LogP contribution in [0.1, 0.15) is 5.56 Å². The summed E-state index contributed by atoms with van der Waals surface area (Å²) in [5, 5.41) is 11.1. The van der Waals surface area contributed by atoms with Crippen LogP contribution in [0.2, 0.25) is 0 Å². The van der Waals surface area contributed by atoms with E-state index in [1.807, 2.05) is 24.3 Å². The molecule has 0 unspecified atom stereocenters. The lowest BCUT2D eigenvalue weighted by Crippen LogP contribution is -2.24. The van der Waals surface area contributed by atoms with Crippen LogP contribution in [0.15, 0.2) is 60.0 Å². The van der Waals surface area contributed by atoms with Crippen LogP contribution in [0, 0.1) is 5.82 Å². The number of carbonyl (C=O) groups is 1. The fraction of sp³-hybridized carbons (Fsp3) is 0.167. The first-order chi connectivity index (χ1) is 12.7. The maximum atomic E-state index is 13.9. The molecule has 1 aromatic heterocycles. The van der Waals surface area contributed by atoms with Crippen molar-refractivity contribution in [3.63, 3.8) is 0 Å². The summed E-state index contributed by atoms with van der Waals surface area (Å²) in [5.74, 6) is 0.360. The van der Waals surface area contributed by atoms with Crippen molar-refractivity contribution in [3.05, 3.63) is 66.2 Å². The van der Waals surface area contributed by atoms with Crippen LogP contribution in [0.4, 0.5) is 4.39 Å². The van der Waals surface area contributed by atoms with Gasteiger partial charge in [0.15, 0.2) is 5.16 Å². The molecular formula is C18H17FN4O2S. The minimum absolute atomic E-state index is 0.150. The third kappa shape index (κ3) is 4.40. The number of hydrogen-bond acceptors (Lipinski definition) is 5. The molecule has 0 atom stereocenters. The van der Waals surface area contributed by atoms with Crippen LogP contribution < -0.4 is 10.1 Å². The molecule has 0 radical (unpaired) electrons. The van der Waals surface area contributed by atoms with Crippen molar-refractivity contribution in [2.45, 2.75) is 11.7 Å². The number of amides is 1. The fourth-order valence-electron chi connectivity index (χ4n) is 2.30. The van der Waals surface area contributed by atoms with Crippen LogP contribution in [-0.4, -0.2) is 33.5 Å². The zero-order chi connectivity index (χ0) is 18.4. The smallest absolute Gasteiger partial charge is 0.230 e. The van der Waals surface area contributed by atoms with Crippen molar-refractivity contribution in [2.75, 3.05) is 12.9 Å². The van der Waals surface area contributed by atoms with Gasteiger partial charge in [-0.15, -0.1) is 10.2 Å². The molecule has 0 aliphatic rings. The second-order valence-corrected chi connectivity index (χ2v) is 6.29. The molecule has 0 saturated carbocycles. The van der Waals surface area contributed by atoms with E-state index in [0.717, 1.165) is 11.3 Å². The highest BCUT2D eigenvalue weighted by atomic mass is 32.2. The number of carbonyl (C=O) groups excluding carboxylic acids is 1. The second kappa shape index (κ2) is 8.48. The Labute approximate surface area is 154 Å². The number of rotatable bonds is 7. The highest BCUT2D eigenvalue weighted by Gasteiger charge is 2.12. The van der Waals surface area contributed by atoms with E-state index >= 15 is 0 Å². The number of halogens is 1. The lowest BCUT2D eigenvalue weighted by Gasteiger charge is -2.08. The van der Waals surface area contributed by atoms with Gasteiger partial charge in [0.05, 0.1) is 18.6 Å². The van der Waals surface area contributed by atoms with Crippen LogP contribution in [0.3, 0.4) is 0 Å². The molecule has 26 heavy (non-hydrogen) atoms. The van der Waals surface area contributed by atoms with Gasteiger partial charge in [0.1, 0.15) is 17.9 Å². The van der Waals surface area contributed by atoms with Crippen LogP contribution in [-0.2, 0) is 11.3 Å². The van der Waals surface area contributed by atoms with Gasteiger partial charge < -0.3 is 10.1 Å². The molecule has 0 aliphatic carbocycles. The number of nitrogens with one attached hydrogen (secondary N) is 1. The number of para-hydroxylation sites is 1. The standard InChI is InChI=1S/C18H17FN4O2S/c1-25-14-6-4-5-13(9-14)10-20-17(24)11-26-18-22-21-12-23(18)16-8-3-2-7-15(16)19/h2-9,12H,10-11H2,1H3,(H,20,24). The summed E-state index contributed by atoms with van der Waals surface area (Å²) in [4.78, 5) is 12.1. The normalized spacial score (nSPS) is 10.5. The van der Waals surface area contributed by atoms with E-state index < -0.39 is 0 Å². The SMILES string of the molecule is COc1cccc(CNC(=O)CSc2nncn2-c2ccccc2F)c1. The summed E-state index contributed by atoms with van der Waals surface area (Å²) in [6, 6.07) is 13.8. The van der Waals surface area contributed by atoms with Crippen molar-refractivity contribution >= 4 is 17.7 Å². The maximum Gasteiger partial charge on any atom is 0.230 e. The first-order valence-electron chi connectivity index (χ1n) is 7.84. The van der Waals surface area contributed by atoms with Gasteiger partial charge in [-0.2, -0.15) is 0 Å². The molecule has 1 amide bonds. The van der Waals surface area contributed by atoms with Crippen LogP contribution in [0.25, 0.3) is 5.69 Å². The molecule has 0 spiro atoms. The minimum atomic E-state index is -0.378. The van der Waals surface area contributed by atoms with Crippen molar-refractivity contribution in [3.8, 4) is 11.4 Å². The lowest BCUT2D eigenvalue weighted by molar-refractivity contribution is -0.118. The molecular weight excluding hydrogens is 355 g/mol. The summed E-state index contributed by atoms with van der Waals surface area (Å²) in [5.41, 5.74) is 1.29. The van der Waals surface area contributed by atoms with Gasteiger partial charge in [0.25, 0.3) is 0 Å². The topological polar surface area (TPSA) is 69.0 Å². The van der Waals surface area contributed by atoms with Gasteiger partial charge in [-0.3, -0.25) is 9.36 Å². The number of thioether (sulfide) groups is 1. The maximum absolute atomic E-state index is 13.9. The van der Waals surface area contributed by atoms with E-state index in [9.17, 15) is 9.18 Å². The Morgan fingerprint density at radius 2 is 2.12 bits per heavy atom. The predicted molar refractivity (Wildman–Crippen MR) is 96.9 cm³/mol. The average Bonchev–Trinajstić information content (AvgIpc) is 3.13.